The molecule has 0 bridgehead atoms. The number of hydrogen-bond acceptors (Lipinski definition) is 7. The highest BCUT2D eigenvalue weighted by atomic mass is 19.4. The average molecular weight is 528 g/mol. The summed E-state index contributed by atoms with van der Waals surface area (Å²) in [5, 5.41) is 1.57. The van der Waals surface area contributed by atoms with Gasteiger partial charge in [-0.1, -0.05) is 30.3 Å². The van der Waals surface area contributed by atoms with Crippen molar-refractivity contribution in [1.29, 1.82) is 0 Å². The van der Waals surface area contributed by atoms with Crippen LogP contribution in [-0.4, -0.2) is 54.8 Å². The smallest absolute Gasteiger partial charge is 0.405 e. The Kier molecular flexibility index (Phi) is 8.20. The largest absolute Gasteiger partial charge is 0.417 e. The molecule has 0 aliphatic carbocycles. The number of nitrogens with one attached hydrogen (secondary N) is 1. The first-order valence-corrected chi connectivity index (χ1v) is 10.9. The van der Waals surface area contributed by atoms with Crippen molar-refractivity contribution in [3.63, 3.8) is 0 Å². The standard InChI is InChI=1S/C24H24F4N2O7/c1-22(2)34-12-18(36-22)24(21(29)33,35-11-14-6-4-3-5-7-14)37-20(32)16-8-15(9-17(25)10-16)19(31)30-13-23(26,27)28/h3-10,18H,11-13H2,1-2H3,(H2,29,33)(H,30,31). The number of benzene rings is 2. The van der Waals surface area contributed by atoms with Gasteiger partial charge in [0.2, 0.25) is 0 Å². The summed E-state index contributed by atoms with van der Waals surface area (Å²) in [5.41, 5.74) is 4.99. The molecule has 0 radical (unpaired) electrons. The molecular weight excluding hydrogens is 504 g/mol. The Balaban J connectivity index is 1.91. The molecule has 9 nitrogen and oxygen atoms in total. The van der Waals surface area contributed by atoms with Gasteiger partial charge in [0, 0.05) is 5.56 Å². The van der Waals surface area contributed by atoms with E-state index in [0.29, 0.717) is 17.7 Å². The molecular formula is C24H24F4N2O7. The van der Waals surface area contributed by atoms with Gasteiger partial charge in [-0.05, 0) is 37.6 Å². The molecule has 1 heterocycles. The van der Waals surface area contributed by atoms with Gasteiger partial charge in [0.25, 0.3) is 11.8 Å². The molecule has 2 atom stereocenters. The van der Waals surface area contributed by atoms with Crippen molar-refractivity contribution in [2.75, 3.05) is 13.2 Å². The first-order chi connectivity index (χ1) is 17.2. The third kappa shape index (κ3) is 7.24. The first kappa shape index (κ1) is 28.0. The van der Waals surface area contributed by atoms with Gasteiger partial charge in [0.1, 0.15) is 12.4 Å². The summed E-state index contributed by atoms with van der Waals surface area (Å²) >= 11 is 0. The van der Waals surface area contributed by atoms with Crippen LogP contribution in [0.2, 0.25) is 0 Å². The van der Waals surface area contributed by atoms with Gasteiger partial charge in [-0.3, -0.25) is 9.59 Å². The molecule has 2 amide bonds. The number of halogens is 4. The zero-order valence-corrected chi connectivity index (χ0v) is 19.8. The second-order valence-corrected chi connectivity index (χ2v) is 8.54. The van der Waals surface area contributed by atoms with Crippen LogP contribution in [0.15, 0.2) is 48.5 Å². The monoisotopic (exact) mass is 528 g/mol. The highest BCUT2D eigenvalue weighted by Gasteiger charge is 2.56. The van der Waals surface area contributed by atoms with Gasteiger partial charge in [0.05, 0.1) is 18.8 Å². The third-order valence-electron chi connectivity index (χ3n) is 5.16. The Morgan fingerprint density at radius 3 is 2.32 bits per heavy atom. The van der Waals surface area contributed by atoms with Gasteiger partial charge < -0.3 is 30.0 Å². The Morgan fingerprint density at radius 2 is 1.76 bits per heavy atom. The minimum absolute atomic E-state index is 0.258. The Hall–Kier alpha value is -3.55. The van der Waals surface area contributed by atoms with Gasteiger partial charge >= 0.3 is 17.9 Å². The zero-order chi connectivity index (χ0) is 27.4. The lowest BCUT2D eigenvalue weighted by Gasteiger charge is -2.34. The van der Waals surface area contributed by atoms with Crippen molar-refractivity contribution < 1.29 is 50.9 Å². The Morgan fingerprint density at radius 1 is 1.11 bits per heavy atom. The number of amides is 2. The van der Waals surface area contributed by atoms with E-state index in [1.807, 2.05) is 0 Å². The number of alkyl halides is 3. The summed E-state index contributed by atoms with van der Waals surface area (Å²) in [6, 6.07) is 10.6. The molecule has 200 valence electrons. The maximum Gasteiger partial charge on any atom is 0.405 e. The Labute approximate surface area is 208 Å². The second-order valence-electron chi connectivity index (χ2n) is 8.54. The van der Waals surface area contributed by atoms with Crippen molar-refractivity contribution in [1.82, 2.24) is 5.32 Å². The number of carbonyl (C=O) groups is 3. The fourth-order valence-corrected chi connectivity index (χ4v) is 3.43. The van der Waals surface area contributed by atoms with Crippen LogP contribution in [0.5, 0.6) is 0 Å². The van der Waals surface area contributed by atoms with E-state index in [2.05, 4.69) is 0 Å². The van der Waals surface area contributed by atoms with Gasteiger partial charge in [-0.15, -0.1) is 0 Å². The molecule has 3 rings (SSSR count). The van der Waals surface area contributed by atoms with E-state index >= 15 is 0 Å². The fourth-order valence-electron chi connectivity index (χ4n) is 3.43. The minimum Gasteiger partial charge on any atom is -0.417 e. The number of primary amides is 1. The van der Waals surface area contributed by atoms with Crippen molar-refractivity contribution >= 4 is 17.8 Å². The van der Waals surface area contributed by atoms with Crippen LogP contribution in [0.25, 0.3) is 0 Å². The van der Waals surface area contributed by atoms with Crippen LogP contribution < -0.4 is 11.1 Å². The lowest BCUT2D eigenvalue weighted by Crippen LogP contribution is -2.59. The summed E-state index contributed by atoms with van der Waals surface area (Å²) in [6.07, 6.45) is -6.05. The lowest BCUT2D eigenvalue weighted by atomic mass is 10.1. The minimum atomic E-state index is -4.71. The van der Waals surface area contributed by atoms with E-state index in [9.17, 15) is 31.9 Å². The van der Waals surface area contributed by atoms with E-state index < -0.39 is 65.1 Å². The maximum absolute atomic E-state index is 14.2. The third-order valence-corrected chi connectivity index (χ3v) is 5.16. The van der Waals surface area contributed by atoms with Crippen LogP contribution in [0, 0.1) is 5.82 Å². The van der Waals surface area contributed by atoms with E-state index in [-0.39, 0.29) is 13.2 Å². The fraction of sp³-hybridized carbons (Fsp3) is 0.375. The number of rotatable bonds is 9. The quantitative estimate of drug-likeness (QED) is 0.291. The number of hydrogen-bond donors (Lipinski definition) is 2. The molecule has 1 aliphatic rings. The second kappa shape index (κ2) is 10.8. The van der Waals surface area contributed by atoms with E-state index in [1.54, 1.807) is 35.6 Å². The molecule has 2 unspecified atom stereocenters. The van der Waals surface area contributed by atoms with Crippen LogP contribution in [0.1, 0.15) is 40.1 Å². The van der Waals surface area contributed by atoms with Gasteiger partial charge in [0.15, 0.2) is 11.9 Å². The van der Waals surface area contributed by atoms with Crippen LogP contribution in [0.4, 0.5) is 17.6 Å². The molecule has 13 heteroatoms. The predicted octanol–water partition coefficient (Wildman–Crippen LogP) is 2.82. The predicted molar refractivity (Wildman–Crippen MR) is 118 cm³/mol. The SMILES string of the molecule is CC1(C)OCC(C(OCc2ccccc2)(OC(=O)c2cc(F)cc(C(=O)NCC(F)(F)F)c2)C(N)=O)O1. The number of esters is 1. The summed E-state index contributed by atoms with van der Waals surface area (Å²) in [7, 11) is 0. The molecule has 1 saturated heterocycles. The highest BCUT2D eigenvalue weighted by Crippen LogP contribution is 2.34. The molecule has 0 spiro atoms. The van der Waals surface area contributed by atoms with E-state index in [4.69, 9.17) is 24.7 Å². The highest BCUT2D eigenvalue weighted by molar-refractivity contribution is 5.99. The lowest BCUT2D eigenvalue weighted by molar-refractivity contribution is -0.260. The summed E-state index contributed by atoms with van der Waals surface area (Å²) in [4.78, 5) is 37.8. The van der Waals surface area contributed by atoms with Gasteiger partial charge in [-0.2, -0.15) is 13.2 Å². The first-order valence-electron chi connectivity index (χ1n) is 10.9. The van der Waals surface area contributed by atoms with Gasteiger partial charge in [-0.25, -0.2) is 9.18 Å². The Bertz CT molecular complexity index is 1160. The van der Waals surface area contributed by atoms with Crippen LogP contribution in [0.3, 0.4) is 0 Å². The average Bonchev–Trinajstić information content (AvgIpc) is 3.19. The molecule has 37 heavy (non-hydrogen) atoms. The summed E-state index contributed by atoms with van der Waals surface area (Å²) in [6.45, 7) is 0.874. The van der Waals surface area contributed by atoms with Crippen molar-refractivity contribution in [3.8, 4) is 0 Å². The molecule has 2 aromatic rings. The van der Waals surface area contributed by atoms with Crippen molar-refractivity contribution in [2.24, 2.45) is 5.73 Å². The molecule has 0 saturated carbocycles. The van der Waals surface area contributed by atoms with Crippen LogP contribution >= 0.6 is 0 Å². The molecule has 2 aromatic carbocycles. The van der Waals surface area contributed by atoms with Crippen molar-refractivity contribution in [2.45, 2.75) is 44.3 Å². The van der Waals surface area contributed by atoms with E-state index in [1.165, 1.54) is 13.8 Å². The topological polar surface area (TPSA) is 126 Å². The zero-order valence-electron chi connectivity index (χ0n) is 19.8. The molecule has 1 aliphatic heterocycles. The van der Waals surface area contributed by atoms with E-state index in [0.717, 1.165) is 6.07 Å². The number of carbonyl (C=O) groups excluding carboxylic acids is 3. The normalized spacial score (nSPS) is 18.6. The summed E-state index contributed by atoms with van der Waals surface area (Å²) < 4.78 is 73.7. The van der Waals surface area contributed by atoms with Crippen LogP contribution in [-0.2, 0) is 30.3 Å². The van der Waals surface area contributed by atoms with Crippen molar-refractivity contribution in [3.05, 3.63) is 71.0 Å². The number of nitrogens with two attached hydrogens (primary N) is 1. The number of ether oxygens (including phenoxy) is 4. The molecule has 0 aromatic heterocycles. The summed E-state index contributed by atoms with van der Waals surface area (Å²) in [5.74, 6) is -8.78. The molecule has 3 N–H and O–H groups in total. The maximum atomic E-state index is 14.2. The molecule has 1 fully saturated rings.